The van der Waals surface area contributed by atoms with Crippen molar-refractivity contribution in [2.24, 2.45) is 0 Å². The molecule has 0 N–H and O–H groups in total. The smallest absolute Gasteiger partial charge is 0.175 e. The maximum Gasteiger partial charge on any atom is 0.175 e. The van der Waals surface area contributed by atoms with Crippen molar-refractivity contribution >= 4 is 16.8 Å². The Balaban J connectivity index is 2.41. The Bertz CT molecular complexity index is 109. The van der Waals surface area contributed by atoms with Crippen molar-refractivity contribution in [1.82, 2.24) is 5.06 Å². The van der Waals surface area contributed by atoms with E-state index in [-0.39, 0.29) is 6.04 Å². The molecule has 0 aromatic carbocycles. The first kappa shape index (κ1) is 6.92. The topological polar surface area (TPSA) is 29.5 Å². The molecule has 9 heavy (non-hydrogen) atoms. The second-order valence-corrected chi connectivity index (χ2v) is 2.53. The molecule has 1 aliphatic rings. The number of nitrogens with zero attached hydrogens (tertiary/aromatic N) is 1. The summed E-state index contributed by atoms with van der Waals surface area (Å²) in [4.78, 5) is 10.3. The molecule has 0 aromatic rings. The van der Waals surface area contributed by atoms with Crippen molar-refractivity contribution in [1.29, 1.82) is 0 Å². The number of aldehydes is 1. The Morgan fingerprint density at radius 2 is 2.56 bits per heavy atom. The van der Waals surface area contributed by atoms with E-state index in [0.717, 1.165) is 25.7 Å². The molecule has 0 saturated carbocycles. The van der Waals surface area contributed by atoms with Crippen LogP contribution in [0, 0.1) is 0 Å². The lowest BCUT2D eigenvalue weighted by Gasteiger charge is -2.16. The van der Waals surface area contributed by atoms with Crippen molar-refractivity contribution in [3.05, 3.63) is 0 Å². The van der Waals surface area contributed by atoms with Gasteiger partial charge in [0.05, 0.1) is 6.04 Å². The van der Waals surface area contributed by atoms with E-state index in [1.165, 1.54) is 0 Å². The second kappa shape index (κ2) is 3.10. The van der Waals surface area contributed by atoms with Crippen LogP contribution >= 0.6 is 0 Å². The molecule has 1 rings (SSSR count). The number of carbonyl (C=O) groups is 1. The van der Waals surface area contributed by atoms with Gasteiger partial charge >= 0.3 is 0 Å². The van der Waals surface area contributed by atoms with E-state index in [9.17, 15) is 4.79 Å². The number of hydrogen-bond donors (Lipinski definition) is 0. The number of hydroxylamine groups is 2. The van der Waals surface area contributed by atoms with Crippen LogP contribution in [0.25, 0.3) is 0 Å². The molecular weight excluding hydrogens is 134 g/mol. The summed E-state index contributed by atoms with van der Waals surface area (Å²) in [5, 5.41) is 1.78. The SMILES string of the molecule is O=C[C@@H]1CCCN1O[SiH3]. The molecule has 0 aromatic heterocycles. The molecule has 3 nitrogen and oxygen atoms in total. The molecule has 52 valence electrons. The van der Waals surface area contributed by atoms with Gasteiger partial charge in [0, 0.05) is 6.54 Å². The van der Waals surface area contributed by atoms with Gasteiger partial charge in [0.1, 0.15) is 6.29 Å². The van der Waals surface area contributed by atoms with Crippen LogP contribution in [0.5, 0.6) is 0 Å². The molecule has 1 atom stereocenters. The fourth-order valence-electron chi connectivity index (χ4n) is 1.13. The Kier molecular flexibility index (Phi) is 2.38. The Labute approximate surface area is 57.5 Å². The second-order valence-electron chi connectivity index (χ2n) is 2.17. The molecule has 0 spiro atoms. The van der Waals surface area contributed by atoms with E-state index in [2.05, 4.69) is 0 Å². The molecule has 0 unspecified atom stereocenters. The minimum atomic E-state index is 0.0440. The molecule has 1 aliphatic heterocycles. The molecule has 1 heterocycles. The van der Waals surface area contributed by atoms with Crippen molar-refractivity contribution in [2.75, 3.05) is 6.54 Å². The lowest BCUT2D eigenvalue weighted by Crippen LogP contribution is -2.29. The van der Waals surface area contributed by atoms with E-state index in [4.69, 9.17) is 4.53 Å². The van der Waals surface area contributed by atoms with Crippen molar-refractivity contribution in [2.45, 2.75) is 18.9 Å². The fourth-order valence-corrected chi connectivity index (χ4v) is 1.58. The highest BCUT2D eigenvalue weighted by atomic mass is 28.2. The fraction of sp³-hybridized carbons (Fsp3) is 0.800. The van der Waals surface area contributed by atoms with Gasteiger partial charge < -0.3 is 9.32 Å². The Morgan fingerprint density at radius 1 is 1.78 bits per heavy atom. The van der Waals surface area contributed by atoms with Gasteiger partial charge in [0.15, 0.2) is 10.5 Å². The molecule has 0 aliphatic carbocycles. The maximum atomic E-state index is 10.3. The Morgan fingerprint density at radius 3 is 3.00 bits per heavy atom. The maximum absolute atomic E-state index is 10.3. The van der Waals surface area contributed by atoms with E-state index in [1.807, 2.05) is 0 Å². The zero-order valence-electron chi connectivity index (χ0n) is 5.54. The van der Waals surface area contributed by atoms with Crippen LogP contribution in [0.15, 0.2) is 0 Å². The van der Waals surface area contributed by atoms with Gasteiger partial charge in [0.2, 0.25) is 0 Å². The third kappa shape index (κ3) is 1.38. The first-order chi connectivity index (χ1) is 4.38. The largest absolute Gasteiger partial charge is 0.354 e. The first-order valence-electron chi connectivity index (χ1n) is 3.14. The van der Waals surface area contributed by atoms with Crippen LogP contribution < -0.4 is 0 Å². The van der Waals surface area contributed by atoms with E-state index >= 15 is 0 Å². The van der Waals surface area contributed by atoms with Gasteiger partial charge in [-0.25, -0.2) is 0 Å². The van der Waals surface area contributed by atoms with E-state index in [0.29, 0.717) is 10.5 Å². The van der Waals surface area contributed by atoms with Crippen molar-refractivity contribution in [3.8, 4) is 0 Å². The molecule has 0 radical (unpaired) electrons. The highest BCUT2D eigenvalue weighted by Gasteiger charge is 2.22. The summed E-state index contributed by atoms with van der Waals surface area (Å²) < 4.78 is 5.06. The third-order valence-corrected chi connectivity index (χ3v) is 2.11. The molecular formula is C5H11NO2Si. The molecule has 0 amide bonds. The van der Waals surface area contributed by atoms with Gasteiger partial charge in [-0.1, -0.05) is 0 Å². The number of rotatable bonds is 2. The Hall–Kier alpha value is -0.193. The molecule has 1 fully saturated rings. The molecule has 4 heteroatoms. The average molecular weight is 145 g/mol. The van der Waals surface area contributed by atoms with Crippen LogP contribution in [0.3, 0.4) is 0 Å². The standard InChI is InChI=1S/C5H11NO2Si/c7-4-5-2-1-3-6(5)8-9/h4-5H,1-3H2,9H3/t5-/m0/s1. The van der Waals surface area contributed by atoms with E-state index in [1.54, 1.807) is 5.06 Å². The van der Waals surface area contributed by atoms with Crippen LogP contribution in [-0.2, 0) is 9.32 Å². The highest BCUT2D eigenvalue weighted by molar-refractivity contribution is 5.97. The monoisotopic (exact) mass is 145 g/mol. The minimum absolute atomic E-state index is 0.0440. The van der Waals surface area contributed by atoms with E-state index < -0.39 is 0 Å². The number of hydrogen-bond acceptors (Lipinski definition) is 3. The summed E-state index contributed by atoms with van der Waals surface area (Å²) >= 11 is 0. The van der Waals surface area contributed by atoms with Gasteiger partial charge in [-0.05, 0) is 12.8 Å². The van der Waals surface area contributed by atoms with Gasteiger partial charge in [-0.15, -0.1) is 0 Å². The van der Waals surface area contributed by atoms with Crippen LogP contribution in [0.2, 0.25) is 0 Å². The molecule has 0 bridgehead atoms. The van der Waals surface area contributed by atoms with Gasteiger partial charge in [-0.3, -0.25) is 0 Å². The highest BCUT2D eigenvalue weighted by Crippen LogP contribution is 2.13. The summed E-state index contributed by atoms with van der Waals surface area (Å²) in [5.74, 6) is 0. The van der Waals surface area contributed by atoms with Crippen molar-refractivity contribution in [3.63, 3.8) is 0 Å². The normalized spacial score (nSPS) is 29.1. The van der Waals surface area contributed by atoms with Crippen LogP contribution in [0.4, 0.5) is 0 Å². The zero-order chi connectivity index (χ0) is 6.69. The summed E-state index contributed by atoms with van der Waals surface area (Å²) in [7, 11) is 0.691. The summed E-state index contributed by atoms with van der Waals surface area (Å²) in [6.07, 6.45) is 3.02. The van der Waals surface area contributed by atoms with Gasteiger partial charge in [0.25, 0.3) is 0 Å². The zero-order valence-corrected chi connectivity index (χ0v) is 7.54. The summed E-state index contributed by atoms with van der Waals surface area (Å²) in [6, 6.07) is 0.0440. The minimum Gasteiger partial charge on any atom is -0.354 e. The van der Waals surface area contributed by atoms with Gasteiger partial charge in [-0.2, -0.15) is 5.06 Å². The predicted octanol–water partition coefficient (Wildman–Crippen LogP) is -1.14. The lowest BCUT2D eigenvalue weighted by molar-refractivity contribution is -0.123. The first-order valence-corrected chi connectivity index (χ1v) is 3.96. The van der Waals surface area contributed by atoms with Crippen molar-refractivity contribution < 1.29 is 9.32 Å². The third-order valence-electron chi connectivity index (χ3n) is 1.64. The average Bonchev–Trinajstić information content (AvgIpc) is 2.33. The molecule has 1 saturated heterocycles. The summed E-state index contributed by atoms with van der Waals surface area (Å²) in [5.41, 5.74) is 0. The van der Waals surface area contributed by atoms with Crippen LogP contribution in [0.1, 0.15) is 12.8 Å². The quantitative estimate of drug-likeness (QED) is 0.363. The van der Waals surface area contributed by atoms with Crippen LogP contribution in [-0.4, -0.2) is 34.4 Å². The number of carbonyl (C=O) groups excluding carboxylic acids is 1. The summed E-state index contributed by atoms with van der Waals surface area (Å²) in [6.45, 7) is 0.924. The lowest BCUT2D eigenvalue weighted by atomic mass is 10.2. The predicted molar refractivity (Wildman–Crippen MR) is 36.8 cm³/mol.